The molecule has 0 aliphatic heterocycles. The zero-order valence-electron chi connectivity index (χ0n) is 6.95. The molecule has 1 atom stereocenters. The second-order valence-electron chi connectivity index (χ2n) is 2.39. The average molecular weight is 174 g/mol. The zero-order chi connectivity index (χ0) is 8.81. The molecule has 1 aromatic rings. The van der Waals surface area contributed by atoms with Crippen LogP contribution in [0.15, 0.2) is 30.3 Å². The smallest absolute Gasteiger partial charge is 0.270 e. The monoisotopic (exact) mass is 174 g/mol. The Balaban J connectivity index is 2.40. The van der Waals surface area contributed by atoms with Gasteiger partial charge in [0.25, 0.3) is 9.76 Å². The van der Waals surface area contributed by atoms with Gasteiger partial charge in [0.1, 0.15) is 6.10 Å². The molecule has 0 bridgehead atoms. The molecular formula is C10H10OSi. The van der Waals surface area contributed by atoms with Gasteiger partial charge in [0, 0.05) is 0 Å². The second-order valence-corrected chi connectivity index (χ2v) is 3.41. The van der Waals surface area contributed by atoms with Gasteiger partial charge in [0.15, 0.2) is 0 Å². The van der Waals surface area contributed by atoms with Crippen LogP contribution in [0.3, 0.4) is 0 Å². The van der Waals surface area contributed by atoms with Gasteiger partial charge >= 0.3 is 0 Å². The molecule has 2 heteroatoms. The van der Waals surface area contributed by atoms with Crippen molar-refractivity contribution in [1.82, 2.24) is 0 Å². The molecule has 0 heterocycles. The third-order valence-corrected chi connectivity index (χ3v) is 2.40. The molecule has 60 valence electrons. The van der Waals surface area contributed by atoms with Crippen molar-refractivity contribution in [2.45, 2.75) is 13.0 Å². The first-order chi connectivity index (χ1) is 5.83. The molecule has 1 nitrogen and oxygen atoms in total. The van der Waals surface area contributed by atoms with Crippen LogP contribution in [0.1, 0.15) is 6.92 Å². The maximum Gasteiger partial charge on any atom is 0.270 e. The minimum absolute atomic E-state index is 0.0939. The van der Waals surface area contributed by atoms with E-state index < -0.39 is 0 Å². The lowest BCUT2D eigenvalue weighted by atomic mass is 10.4. The highest BCUT2D eigenvalue weighted by Gasteiger charge is 1.98. The van der Waals surface area contributed by atoms with E-state index in [1.54, 1.807) is 0 Å². The Morgan fingerprint density at radius 1 is 1.42 bits per heavy atom. The van der Waals surface area contributed by atoms with E-state index in [1.165, 1.54) is 5.19 Å². The van der Waals surface area contributed by atoms with E-state index in [2.05, 4.69) is 5.92 Å². The number of benzene rings is 1. The van der Waals surface area contributed by atoms with E-state index in [4.69, 9.17) is 10.8 Å². The summed E-state index contributed by atoms with van der Waals surface area (Å²) in [5, 5.41) is 1.18. The van der Waals surface area contributed by atoms with Gasteiger partial charge in [-0.15, -0.1) is 6.42 Å². The predicted molar refractivity (Wildman–Crippen MR) is 51.2 cm³/mol. The fourth-order valence-electron chi connectivity index (χ4n) is 0.697. The summed E-state index contributed by atoms with van der Waals surface area (Å²) in [5.74, 6) is 2.52. The molecule has 0 saturated heterocycles. The van der Waals surface area contributed by atoms with Crippen LogP contribution in [0.2, 0.25) is 0 Å². The molecule has 1 aromatic carbocycles. The third kappa shape index (κ3) is 2.91. The topological polar surface area (TPSA) is 9.23 Å². The quantitative estimate of drug-likeness (QED) is 0.490. The van der Waals surface area contributed by atoms with Gasteiger partial charge in [0.2, 0.25) is 0 Å². The van der Waals surface area contributed by atoms with Crippen molar-refractivity contribution in [3.8, 4) is 12.3 Å². The van der Waals surface area contributed by atoms with Crippen molar-refractivity contribution in [2.24, 2.45) is 0 Å². The summed E-state index contributed by atoms with van der Waals surface area (Å²) in [6.45, 7) is 1.87. The van der Waals surface area contributed by atoms with Crippen LogP contribution in [0.5, 0.6) is 0 Å². The van der Waals surface area contributed by atoms with Crippen molar-refractivity contribution in [3.05, 3.63) is 30.3 Å². The number of rotatable bonds is 3. The van der Waals surface area contributed by atoms with Gasteiger partial charge in [-0.2, -0.15) is 0 Å². The summed E-state index contributed by atoms with van der Waals surface area (Å²) < 4.78 is 5.37. The lowest BCUT2D eigenvalue weighted by molar-refractivity contribution is 0.300. The summed E-state index contributed by atoms with van der Waals surface area (Å²) >= 11 is 0. The Morgan fingerprint density at radius 2 is 2.08 bits per heavy atom. The van der Waals surface area contributed by atoms with E-state index in [0.717, 1.165) is 0 Å². The van der Waals surface area contributed by atoms with Crippen LogP contribution >= 0.6 is 0 Å². The molecule has 0 N–H and O–H groups in total. The maximum absolute atomic E-state index is 5.37. The van der Waals surface area contributed by atoms with Gasteiger partial charge in [0.05, 0.1) is 0 Å². The lowest BCUT2D eigenvalue weighted by Gasteiger charge is -2.04. The average Bonchev–Trinajstić information content (AvgIpc) is 2.16. The highest BCUT2D eigenvalue weighted by Crippen LogP contribution is 1.86. The Kier molecular flexibility index (Phi) is 3.59. The molecule has 0 saturated carbocycles. The highest BCUT2D eigenvalue weighted by atomic mass is 28.2. The second kappa shape index (κ2) is 4.76. The SMILES string of the molecule is C#CC(C)O[Si]c1ccccc1. The van der Waals surface area contributed by atoms with Gasteiger partial charge in [-0.3, -0.25) is 0 Å². The van der Waals surface area contributed by atoms with Crippen LogP contribution in [-0.4, -0.2) is 15.9 Å². The summed E-state index contributed by atoms with van der Waals surface area (Å²) in [6, 6.07) is 10.0. The van der Waals surface area contributed by atoms with E-state index in [9.17, 15) is 0 Å². The highest BCUT2D eigenvalue weighted by molar-refractivity contribution is 6.46. The molecule has 12 heavy (non-hydrogen) atoms. The van der Waals surface area contributed by atoms with Crippen LogP contribution in [0.25, 0.3) is 0 Å². The van der Waals surface area contributed by atoms with Crippen LogP contribution < -0.4 is 5.19 Å². The number of terminal acetylenes is 1. The Hall–Kier alpha value is -1.04. The van der Waals surface area contributed by atoms with Gasteiger partial charge < -0.3 is 4.43 Å². The summed E-state index contributed by atoms with van der Waals surface area (Å²) in [7, 11) is 0.349. The number of hydrogen-bond donors (Lipinski definition) is 0. The molecule has 0 aliphatic carbocycles. The molecule has 2 radical (unpaired) electrons. The minimum atomic E-state index is -0.0939. The van der Waals surface area contributed by atoms with E-state index in [-0.39, 0.29) is 6.10 Å². The van der Waals surface area contributed by atoms with Crippen molar-refractivity contribution in [3.63, 3.8) is 0 Å². The van der Waals surface area contributed by atoms with Crippen molar-refractivity contribution < 1.29 is 4.43 Å². The van der Waals surface area contributed by atoms with Crippen molar-refractivity contribution in [2.75, 3.05) is 0 Å². The molecule has 0 fully saturated rings. The summed E-state index contributed by atoms with van der Waals surface area (Å²) in [5.41, 5.74) is 0. The molecule has 0 spiro atoms. The first-order valence-electron chi connectivity index (χ1n) is 3.76. The van der Waals surface area contributed by atoms with Crippen LogP contribution in [0.4, 0.5) is 0 Å². The largest absolute Gasteiger partial charge is 0.398 e. The molecular weight excluding hydrogens is 164 g/mol. The normalized spacial score (nSPS) is 12.0. The number of hydrogen-bond acceptors (Lipinski definition) is 1. The standard InChI is InChI=1S/C10H10OSi/c1-3-9(2)11-12-10-7-5-4-6-8-10/h1,4-9H,2H3. The Morgan fingerprint density at radius 3 is 2.67 bits per heavy atom. The predicted octanol–water partition coefficient (Wildman–Crippen LogP) is 0.969. The third-order valence-electron chi connectivity index (χ3n) is 1.36. The minimum Gasteiger partial charge on any atom is -0.398 e. The molecule has 0 aromatic heterocycles. The van der Waals surface area contributed by atoms with Crippen molar-refractivity contribution >= 4 is 14.9 Å². The Bertz CT molecular complexity index is 263. The van der Waals surface area contributed by atoms with E-state index in [0.29, 0.717) is 9.76 Å². The first-order valence-corrected chi connectivity index (χ1v) is 4.66. The summed E-state index contributed by atoms with van der Waals surface area (Å²) in [4.78, 5) is 0. The van der Waals surface area contributed by atoms with Crippen LogP contribution in [-0.2, 0) is 4.43 Å². The fraction of sp³-hybridized carbons (Fsp3) is 0.200. The summed E-state index contributed by atoms with van der Waals surface area (Å²) in [6.07, 6.45) is 5.07. The van der Waals surface area contributed by atoms with Crippen molar-refractivity contribution in [1.29, 1.82) is 0 Å². The van der Waals surface area contributed by atoms with Gasteiger partial charge in [-0.1, -0.05) is 36.3 Å². The Labute approximate surface area is 75.7 Å². The zero-order valence-corrected chi connectivity index (χ0v) is 7.95. The van der Waals surface area contributed by atoms with Crippen LogP contribution in [0, 0.1) is 12.3 Å². The lowest BCUT2D eigenvalue weighted by Crippen LogP contribution is -2.21. The molecule has 0 aliphatic rings. The van der Waals surface area contributed by atoms with Gasteiger partial charge in [-0.25, -0.2) is 0 Å². The fourth-order valence-corrected chi connectivity index (χ4v) is 1.41. The molecule has 1 unspecified atom stereocenters. The van der Waals surface area contributed by atoms with Gasteiger partial charge in [-0.05, 0) is 12.1 Å². The molecule has 1 rings (SSSR count). The maximum atomic E-state index is 5.37. The molecule has 0 amide bonds. The van der Waals surface area contributed by atoms with E-state index in [1.807, 2.05) is 37.3 Å². The first kappa shape index (κ1) is 9.05. The van der Waals surface area contributed by atoms with E-state index >= 15 is 0 Å².